The van der Waals surface area contributed by atoms with E-state index in [1.54, 1.807) is 18.2 Å². The molecule has 0 radical (unpaired) electrons. The van der Waals surface area contributed by atoms with E-state index in [4.69, 9.17) is 5.26 Å². The van der Waals surface area contributed by atoms with Crippen molar-refractivity contribution in [2.45, 2.75) is 0 Å². The number of nitriles is 1. The number of halogens is 1. The third-order valence-corrected chi connectivity index (χ3v) is 2.39. The average Bonchev–Trinajstić information content (AvgIpc) is 2.39. The largest absolute Gasteiger partial charge is 0.207 e. The summed E-state index contributed by atoms with van der Waals surface area (Å²) in [5.41, 5.74) is 2.24. The van der Waals surface area contributed by atoms with Gasteiger partial charge in [-0.3, -0.25) is 0 Å². The standard InChI is InChI=1S/C15H10FN/c16-15-8-6-12(7-9-15)10-14(11-17)13-4-2-1-3-5-13/h1-10H/b14-10+. The third-order valence-electron chi connectivity index (χ3n) is 2.39. The summed E-state index contributed by atoms with van der Waals surface area (Å²) in [6.45, 7) is 0. The van der Waals surface area contributed by atoms with Crippen LogP contribution in [0, 0.1) is 17.1 Å². The smallest absolute Gasteiger partial charge is 0.123 e. The molecule has 2 aromatic rings. The maximum Gasteiger partial charge on any atom is 0.123 e. The second-order valence-corrected chi connectivity index (χ2v) is 3.59. The summed E-state index contributed by atoms with van der Waals surface area (Å²) in [5.74, 6) is -0.277. The molecule has 17 heavy (non-hydrogen) atoms. The van der Waals surface area contributed by atoms with E-state index in [0.29, 0.717) is 5.57 Å². The molecule has 0 saturated carbocycles. The van der Waals surface area contributed by atoms with Crippen LogP contribution in [0.15, 0.2) is 54.6 Å². The van der Waals surface area contributed by atoms with Gasteiger partial charge in [-0.15, -0.1) is 0 Å². The predicted molar refractivity (Wildman–Crippen MR) is 66.3 cm³/mol. The monoisotopic (exact) mass is 223 g/mol. The Morgan fingerprint density at radius 1 is 1.00 bits per heavy atom. The summed E-state index contributed by atoms with van der Waals surface area (Å²) in [4.78, 5) is 0. The number of nitrogens with zero attached hydrogens (tertiary/aromatic N) is 1. The summed E-state index contributed by atoms with van der Waals surface area (Å²) in [5, 5.41) is 9.10. The van der Waals surface area contributed by atoms with E-state index in [2.05, 4.69) is 6.07 Å². The molecule has 2 rings (SSSR count). The molecule has 0 fully saturated rings. The Labute approximate surface area is 99.5 Å². The van der Waals surface area contributed by atoms with E-state index in [1.807, 2.05) is 30.3 Å². The minimum atomic E-state index is -0.277. The van der Waals surface area contributed by atoms with E-state index in [9.17, 15) is 4.39 Å². The molecule has 1 nitrogen and oxygen atoms in total. The van der Waals surface area contributed by atoms with Crippen LogP contribution in [0.3, 0.4) is 0 Å². The lowest BCUT2D eigenvalue weighted by atomic mass is 10.0. The highest BCUT2D eigenvalue weighted by atomic mass is 19.1. The Kier molecular flexibility index (Phi) is 3.32. The highest BCUT2D eigenvalue weighted by molar-refractivity contribution is 5.89. The van der Waals surface area contributed by atoms with Gasteiger partial charge in [-0.05, 0) is 29.3 Å². The van der Waals surface area contributed by atoms with Crippen molar-refractivity contribution in [1.82, 2.24) is 0 Å². The van der Waals surface area contributed by atoms with Crippen LogP contribution in [0.25, 0.3) is 11.6 Å². The number of allylic oxidation sites excluding steroid dienone is 1. The molecule has 0 aliphatic heterocycles. The fraction of sp³-hybridized carbons (Fsp3) is 0. The van der Waals surface area contributed by atoms with Crippen molar-refractivity contribution in [2.75, 3.05) is 0 Å². The fourth-order valence-corrected chi connectivity index (χ4v) is 1.52. The summed E-state index contributed by atoms with van der Waals surface area (Å²) in [6.07, 6.45) is 1.74. The summed E-state index contributed by atoms with van der Waals surface area (Å²) in [7, 11) is 0. The fourth-order valence-electron chi connectivity index (χ4n) is 1.52. The Hall–Kier alpha value is -2.40. The van der Waals surface area contributed by atoms with E-state index < -0.39 is 0 Å². The zero-order valence-corrected chi connectivity index (χ0v) is 9.10. The first-order chi connectivity index (χ1) is 8.29. The van der Waals surface area contributed by atoms with Crippen molar-refractivity contribution in [3.05, 3.63) is 71.5 Å². The summed E-state index contributed by atoms with van der Waals surface area (Å²) >= 11 is 0. The second-order valence-electron chi connectivity index (χ2n) is 3.59. The van der Waals surface area contributed by atoms with Gasteiger partial charge in [0.1, 0.15) is 5.82 Å². The van der Waals surface area contributed by atoms with Crippen LogP contribution in [-0.2, 0) is 0 Å². The van der Waals surface area contributed by atoms with Crippen LogP contribution in [0.5, 0.6) is 0 Å². The molecule has 0 aromatic heterocycles. The first-order valence-corrected chi connectivity index (χ1v) is 5.22. The van der Waals surface area contributed by atoms with Crippen molar-refractivity contribution < 1.29 is 4.39 Å². The highest BCUT2D eigenvalue weighted by Crippen LogP contribution is 2.17. The van der Waals surface area contributed by atoms with E-state index >= 15 is 0 Å². The third kappa shape index (κ3) is 2.79. The first-order valence-electron chi connectivity index (χ1n) is 5.22. The molecular weight excluding hydrogens is 213 g/mol. The SMILES string of the molecule is N#C/C(=C\c1ccc(F)cc1)c1ccccc1. The minimum Gasteiger partial charge on any atom is -0.207 e. The van der Waals surface area contributed by atoms with Crippen molar-refractivity contribution >= 4 is 11.6 Å². The van der Waals surface area contributed by atoms with Gasteiger partial charge in [0.05, 0.1) is 11.6 Å². The van der Waals surface area contributed by atoms with Gasteiger partial charge in [-0.1, -0.05) is 42.5 Å². The lowest BCUT2D eigenvalue weighted by Gasteiger charge is -1.99. The Bertz CT molecular complexity index is 562. The van der Waals surface area contributed by atoms with Gasteiger partial charge in [-0.25, -0.2) is 4.39 Å². The molecule has 0 amide bonds. The molecule has 0 aliphatic carbocycles. The molecule has 0 heterocycles. The number of benzene rings is 2. The Balaban J connectivity index is 2.37. The van der Waals surface area contributed by atoms with Crippen molar-refractivity contribution in [3.63, 3.8) is 0 Å². The molecule has 0 atom stereocenters. The summed E-state index contributed by atoms with van der Waals surface area (Å²) < 4.78 is 12.7. The van der Waals surface area contributed by atoms with Crippen LogP contribution in [-0.4, -0.2) is 0 Å². The molecule has 2 heteroatoms. The van der Waals surface area contributed by atoms with Gasteiger partial charge in [0.25, 0.3) is 0 Å². The van der Waals surface area contributed by atoms with E-state index in [1.165, 1.54) is 12.1 Å². The molecule has 0 unspecified atom stereocenters. The Morgan fingerprint density at radius 2 is 1.65 bits per heavy atom. The van der Waals surface area contributed by atoms with Gasteiger partial charge in [0.15, 0.2) is 0 Å². The highest BCUT2D eigenvalue weighted by Gasteiger charge is 1.99. The van der Waals surface area contributed by atoms with Gasteiger partial charge < -0.3 is 0 Å². The molecular formula is C15H10FN. The molecule has 2 aromatic carbocycles. The average molecular weight is 223 g/mol. The van der Waals surface area contributed by atoms with Gasteiger partial charge in [0, 0.05) is 0 Å². The molecule has 82 valence electrons. The zero-order valence-electron chi connectivity index (χ0n) is 9.10. The predicted octanol–water partition coefficient (Wildman–Crippen LogP) is 3.89. The first kappa shape index (κ1) is 11.1. The molecule has 0 aliphatic rings. The number of hydrogen-bond acceptors (Lipinski definition) is 1. The van der Waals surface area contributed by atoms with Gasteiger partial charge in [-0.2, -0.15) is 5.26 Å². The number of rotatable bonds is 2. The topological polar surface area (TPSA) is 23.8 Å². The maximum atomic E-state index is 12.7. The molecule has 0 bridgehead atoms. The molecule has 0 saturated heterocycles. The Morgan fingerprint density at radius 3 is 2.24 bits per heavy atom. The van der Waals surface area contributed by atoms with Crippen molar-refractivity contribution in [1.29, 1.82) is 5.26 Å². The van der Waals surface area contributed by atoms with Crippen LogP contribution < -0.4 is 0 Å². The second kappa shape index (κ2) is 5.09. The molecule has 0 spiro atoms. The van der Waals surface area contributed by atoms with Crippen LogP contribution in [0.2, 0.25) is 0 Å². The van der Waals surface area contributed by atoms with Gasteiger partial charge >= 0.3 is 0 Å². The van der Waals surface area contributed by atoms with Crippen LogP contribution >= 0.6 is 0 Å². The molecule has 0 N–H and O–H groups in total. The quantitative estimate of drug-likeness (QED) is 0.559. The van der Waals surface area contributed by atoms with Gasteiger partial charge in [0.2, 0.25) is 0 Å². The summed E-state index contributed by atoms with van der Waals surface area (Å²) in [6, 6.07) is 17.6. The van der Waals surface area contributed by atoms with Crippen LogP contribution in [0.4, 0.5) is 4.39 Å². The van der Waals surface area contributed by atoms with E-state index in [0.717, 1.165) is 11.1 Å². The van der Waals surface area contributed by atoms with Crippen LogP contribution in [0.1, 0.15) is 11.1 Å². The normalized spacial score (nSPS) is 10.9. The van der Waals surface area contributed by atoms with Crippen molar-refractivity contribution in [3.8, 4) is 6.07 Å². The maximum absolute atomic E-state index is 12.7. The number of hydrogen-bond donors (Lipinski definition) is 0. The minimum absolute atomic E-state index is 0.277. The van der Waals surface area contributed by atoms with E-state index in [-0.39, 0.29) is 5.82 Å². The lowest BCUT2D eigenvalue weighted by molar-refractivity contribution is 0.628. The lowest BCUT2D eigenvalue weighted by Crippen LogP contribution is -1.81. The van der Waals surface area contributed by atoms with Crippen molar-refractivity contribution in [2.24, 2.45) is 0 Å². The zero-order chi connectivity index (χ0) is 12.1.